The fraction of sp³-hybridized carbons (Fsp3) is 0.333. The van der Waals surface area contributed by atoms with Crippen LogP contribution in [-0.2, 0) is 11.0 Å². The Kier molecular flexibility index (Phi) is 5.37. The molecule has 2 rings (SSSR count). The third kappa shape index (κ3) is 4.18. The molecule has 2 atom stereocenters. The van der Waals surface area contributed by atoms with Gasteiger partial charge in [-0.05, 0) is 44.0 Å². The van der Waals surface area contributed by atoms with E-state index >= 15 is 0 Å². The smallest absolute Gasteiger partial charge is 0.118 e. The van der Waals surface area contributed by atoms with E-state index in [1.165, 1.54) is 0 Å². The lowest BCUT2D eigenvalue weighted by Gasteiger charge is -2.25. The first-order chi connectivity index (χ1) is 10.4. The van der Waals surface area contributed by atoms with Crippen LogP contribution in [0.4, 0.5) is 0 Å². The van der Waals surface area contributed by atoms with Crippen molar-refractivity contribution in [2.75, 3.05) is 7.11 Å². The van der Waals surface area contributed by atoms with Crippen LogP contribution >= 0.6 is 0 Å². The van der Waals surface area contributed by atoms with E-state index in [2.05, 4.69) is 4.72 Å². The van der Waals surface area contributed by atoms with E-state index in [4.69, 9.17) is 4.74 Å². The first kappa shape index (κ1) is 16.7. The third-order valence-corrected chi connectivity index (χ3v) is 4.93. The Bertz CT molecular complexity index is 618. The molecule has 2 aromatic carbocycles. The average Bonchev–Trinajstić information content (AvgIpc) is 2.52. The summed E-state index contributed by atoms with van der Waals surface area (Å²) in [6.45, 7) is 5.89. The zero-order valence-corrected chi connectivity index (χ0v) is 14.3. The van der Waals surface area contributed by atoms with E-state index in [0.29, 0.717) is 0 Å². The maximum absolute atomic E-state index is 12.5. The van der Waals surface area contributed by atoms with E-state index in [-0.39, 0.29) is 10.8 Å². The van der Waals surface area contributed by atoms with E-state index < -0.39 is 11.0 Å². The highest BCUT2D eigenvalue weighted by atomic mass is 32.2. The molecular weight excluding hydrogens is 294 g/mol. The Morgan fingerprint density at radius 1 is 0.955 bits per heavy atom. The lowest BCUT2D eigenvalue weighted by atomic mass is 10.00. The Labute approximate surface area is 135 Å². The minimum atomic E-state index is -1.16. The Morgan fingerprint density at radius 3 is 2.00 bits per heavy atom. The van der Waals surface area contributed by atoms with Crippen LogP contribution < -0.4 is 9.46 Å². The minimum absolute atomic E-state index is 0.118. The van der Waals surface area contributed by atoms with Gasteiger partial charge in [0, 0.05) is 0 Å². The molecule has 3 nitrogen and oxygen atoms in total. The van der Waals surface area contributed by atoms with Gasteiger partial charge in [-0.2, -0.15) is 0 Å². The molecule has 0 aliphatic rings. The zero-order valence-electron chi connectivity index (χ0n) is 13.5. The van der Waals surface area contributed by atoms with Crippen LogP contribution in [0.5, 0.6) is 5.75 Å². The predicted molar refractivity (Wildman–Crippen MR) is 92.3 cm³/mol. The van der Waals surface area contributed by atoms with Crippen molar-refractivity contribution < 1.29 is 8.95 Å². The molecule has 0 aliphatic carbocycles. The highest BCUT2D eigenvalue weighted by Crippen LogP contribution is 2.26. The molecule has 0 heterocycles. The quantitative estimate of drug-likeness (QED) is 0.910. The molecular formula is C18H23NO2S. The third-order valence-electron chi connectivity index (χ3n) is 3.36. The second-order valence-corrected chi connectivity index (χ2v) is 8.11. The second kappa shape index (κ2) is 7.07. The fourth-order valence-corrected chi connectivity index (χ4v) is 2.89. The van der Waals surface area contributed by atoms with Crippen LogP contribution in [0.15, 0.2) is 54.6 Å². The average molecular weight is 317 g/mol. The van der Waals surface area contributed by atoms with E-state index in [1.54, 1.807) is 7.11 Å². The molecule has 0 amide bonds. The van der Waals surface area contributed by atoms with Gasteiger partial charge in [0.05, 0.1) is 28.9 Å². The SMILES string of the molecule is COc1ccc(C(NS(=O)C(C)(C)C)c2ccccc2)cc1. The van der Waals surface area contributed by atoms with Gasteiger partial charge < -0.3 is 4.74 Å². The van der Waals surface area contributed by atoms with Crippen LogP contribution in [-0.4, -0.2) is 16.1 Å². The summed E-state index contributed by atoms with van der Waals surface area (Å²) >= 11 is 0. The van der Waals surface area contributed by atoms with Crippen molar-refractivity contribution in [3.05, 3.63) is 65.7 Å². The molecule has 1 N–H and O–H groups in total. The zero-order chi connectivity index (χ0) is 16.2. The van der Waals surface area contributed by atoms with E-state index in [9.17, 15) is 4.21 Å². The number of rotatable bonds is 5. The highest BCUT2D eigenvalue weighted by Gasteiger charge is 2.24. The summed E-state index contributed by atoms with van der Waals surface area (Å²) in [5, 5.41) is 0. The molecule has 0 saturated carbocycles. The van der Waals surface area contributed by atoms with Gasteiger partial charge in [-0.25, -0.2) is 8.93 Å². The van der Waals surface area contributed by atoms with Crippen molar-refractivity contribution >= 4 is 11.0 Å². The van der Waals surface area contributed by atoms with Crippen molar-refractivity contribution in [2.24, 2.45) is 0 Å². The van der Waals surface area contributed by atoms with E-state index in [0.717, 1.165) is 16.9 Å². The summed E-state index contributed by atoms with van der Waals surface area (Å²) in [6.07, 6.45) is 0. The minimum Gasteiger partial charge on any atom is -0.497 e. The van der Waals surface area contributed by atoms with Gasteiger partial charge in [-0.15, -0.1) is 0 Å². The molecule has 0 aliphatic heterocycles. The Morgan fingerprint density at radius 2 is 1.50 bits per heavy atom. The Hall–Kier alpha value is -1.65. The highest BCUT2D eigenvalue weighted by molar-refractivity contribution is 7.84. The number of hydrogen-bond donors (Lipinski definition) is 1. The summed E-state index contributed by atoms with van der Waals surface area (Å²) in [5.41, 5.74) is 2.15. The molecule has 2 unspecified atom stereocenters. The first-order valence-electron chi connectivity index (χ1n) is 7.29. The van der Waals surface area contributed by atoms with Crippen LogP contribution in [0.1, 0.15) is 37.9 Å². The summed E-state index contributed by atoms with van der Waals surface area (Å²) in [5.74, 6) is 0.813. The van der Waals surface area contributed by atoms with Crippen molar-refractivity contribution in [3.8, 4) is 5.75 Å². The standard InChI is InChI=1S/C18H23NO2S/c1-18(2,3)22(20)19-17(14-8-6-5-7-9-14)15-10-12-16(21-4)13-11-15/h5-13,17,19H,1-4H3. The molecule has 2 aromatic rings. The van der Waals surface area contributed by atoms with Crippen molar-refractivity contribution in [2.45, 2.75) is 31.6 Å². The van der Waals surface area contributed by atoms with Crippen LogP contribution in [0.2, 0.25) is 0 Å². The molecule has 0 saturated heterocycles. The van der Waals surface area contributed by atoms with Gasteiger partial charge in [0.1, 0.15) is 5.75 Å². The number of methoxy groups -OCH3 is 1. The summed E-state index contributed by atoms with van der Waals surface area (Å²) < 4.78 is 20.7. The van der Waals surface area contributed by atoms with Gasteiger partial charge in [0.15, 0.2) is 0 Å². The molecule has 4 heteroatoms. The lowest BCUT2D eigenvalue weighted by molar-refractivity contribution is 0.414. The van der Waals surface area contributed by atoms with Gasteiger partial charge in [-0.3, -0.25) is 0 Å². The second-order valence-electron chi connectivity index (χ2n) is 6.12. The summed E-state index contributed by atoms with van der Waals surface area (Å²) in [7, 11) is 0.493. The summed E-state index contributed by atoms with van der Waals surface area (Å²) in [6, 6.07) is 17.8. The molecule has 0 spiro atoms. The molecule has 118 valence electrons. The molecule has 0 bridgehead atoms. The van der Waals surface area contributed by atoms with Crippen LogP contribution in [0.25, 0.3) is 0 Å². The molecule has 0 fully saturated rings. The topological polar surface area (TPSA) is 38.3 Å². The van der Waals surface area contributed by atoms with Gasteiger partial charge in [0.2, 0.25) is 0 Å². The number of ether oxygens (including phenoxy) is 1. The van der Waals surface area contributed by atoms with Gasteiger partial charge >= 0.3 is 0 Å². The monoisotopic (exact) mass is 317 g/mol. The van der Waals surface area contributed by atoms with Crippen LogP contribution in [0, 0.1) is 0 Å². The van der Waals surface area contributed by atoms with Gasteiger partial charge in [0.25, 0.3) is 0 Å². The predicted octanol–water partition coefficient (Wildman–Crippen LogP) is 3.84. The maximum Gasteiger partial charge on any atom is 0.118 e. The first-order valence-corrected chi connectivity index (χ1v) is 8.44. The molecule has 22 heavy (non-hydrogen) atoms. The summed E-state index contributed by atoms with van der Waals surface area (Å²) in [4.78, 5) is 0. The Balaban J connectivity index is 2.35. The van der Waals surface area contributed by atoms with Crippen molar-refractivity contribution in [3.63, 3.8) is 0 Å². The number of nitrogens with one attached hydrogen (secondary N) is 1. The number of hydrogen-bond acceptors (Lipinski definition) is 2. The molecule has 0 aromatic heterocycles. The lowest BCUT2D eigenvalue weighted by Crippen LogP contribution is -2.36. The van der Waals surface area contributed by atoms with Crippen LogP contribution in [0.3, 0.4) is 0 Å². The largest absolute Gasteiger partial charge is 0.497 e. The number of benzene rings is 2. The maximum atomic E-state index is 12.5. The van der Waals surface area contributed by atoms with Gasteiger partial charge in [-0.1, -0.05) is 42.5 Å². The van der Waals surface area contributed by atoms with E-state index in [1.807, 2.05) is 75.4 Å². The van der Waals surface area contributed by atoms with Crippen molar-refractivity contribution in [1.29, 1.82) is 0 Å². The normalized spacial score (nSPS) is 14.4. The fourth-order valence-electron chi connectivity index (χ4n) is 2.05. The molecule has 0 radical (unpaired) electrons. The van der Waals surface area contributed by atoms with Crippen molar-refractivity contribution in [1.82, 2.24) is 4.72 Å².